The average molecular weight is 378 g/mol. The highest BCUT2D eigenvalue weighted by atomic mass is 35.5. The monoisotopic (exact) mass is 377 g/mol. The molecule has 0 amide bonds. The molecule has 25 heavy (non-hydrogen) atoms. The molecule has 0 atom stereocenters. The third-order valence-corrected chi connectivity index (χ3v) is 7.03. The quantitative estimate of drug-likeness (QED) is 0.698. The van der Waals surface area contributed by atoms with E-state index in [0.29, 0.717) is 10.3 Å². The van der Waals surface area contributed by atoms with Gasteiger partial charge in [-0.3, -0.25) is 0 Å². The second kappa shape index (κ2) is 7.12. The minimum atomic E-state index is -0.412. The maximum atomic E-state index is 13.5. The van der Waals surface area contributed by atoms with E-state index in [1.807, 2.05) is 6.20 Å². The van der Waals surface area contributed by atoms with E-state index in [4.69, 9.17) is 11.6 Å². The normalized spacial score (nSPS) is 19.5. The lowest BCUT2D eigenvalue weighted by Gasteiger charge is -2.39. The van der Waals surface area contributed by atoms with Crippen molar-refractivity contribution in [1.82, 2.24) is 9.97 Å². The SMILES string of the molecule is Fc1cccc(Sc2cnc(N3CCC4(CCCC4)CC3)cn2)c1Cl. The number of benzene rings is 1. The molecule has 2 fully saturated rings. The summed E-state index contributed by atoms with van der Waals surface area (Å²) in [5.41, 5.74) is 0.605. The lowest BCUT2D eigenvalue weighted by atomic mass is 9.77. The Labute approximate surface area is 157 Å². The van der Waals surface area contributed by atoms with E-state index in [-0.39, 0.29) is 5.02 Å². The molecule has 1 saturated carbocycles. The van der Waals surface area contributed by atoms with Crippen LogP contribution >= 0.6 is 23.4 Å². The van der Waals surface area contributed by atoms with Crippen molar-refractivity contribution in [2.24, 2.45) is 5.41 Å². The van der Waals surface area contributed by atoms with E-state index in [9.17, 15) is 4.39 Å². The van der Waals surface area contributed by atoms with Crippen LogP contribution in [0.15, 0.2) is 40.5 Å². The van der Waals surface area contributed by atoms with Crippen molar-refractivity contribution >= 4 is 29.2 Å². The molecule has 0 bridgehead atoms. The molecule has 1 spiro atoms. The second-order valence-corrected chi connectivity index (χ2v) is 8.50. The van der Waals surface area contributed by atoms with Gasteiger partial charge in [0, 0.05) is 18.0 Å². The predicted octanol–water partition coefficient (Wildman–Crippen LogP) is 5.58. The van der Waals surface area contributed by atoms with Crippen LogP contribution in [0.5, 0.6) is 0 Å². The van der Waals surface area contributed by atoms with Crippen molar-refractivity contribution in [3.63, 3.8) is 0 Å². The molecular weight excluding hydrogens is 357 g/mol. The van der Waals surface area contributed by atoms with Crippen molar-refractivity contribution in [3.8, 4) is 0 Å². The van der Waals surface area contributed by atoms with Crippen molar-refractivity contribution in [1.29, 1.82) is 0 Å². The first-order valence-corrected chi connectivity index (χ1v) is 10.0. The molecule has 2 heterocycles. The van der Waals surface area contributed by atoms with E-state index >= 15 is 0 Å². The maximum absolute atomic E-state index is 13.5. The lowest BCUT2D eigenvalue weighted by Crippen LogP contribution is -2.39. The Morgan fingerprint density at radius 3 is 2.48 bits per heavy atom. The van der Waals surface area contributed by atoms with Crippen LogP contribution in [-0.2, 0) is 0 Å². The molecule has 4 rings (SSSR count). The highest BCUT2D eigenvalue weighted by molar-refractivity contribution is 7.99. The Morgan fingerprint density at radius 1 is 1.04 bits per heavy atom. The Balaban J connectivity index is 1.41. The third-order valence-electron chi connectivity index (χ3n) is 5.56. The summed E-state index contributed by atoms with van der Waals surface area (Å²) in [7, 11) is 0. The number of nitrogens with zero attached hydrogens (tertiary/aromatic N) is 3. The van der Waals surface area contributed by atoms with Crippen LogP contribution in [0.25, 0.3) is 0 Å². The van der Waals surface area contributed by atoms with Gasteiger partial charge < -0.3 is 4.90 Å². The van der Waals surface area contributed by atoms with Gasteiger partial charge in [0.25, 0.3) is 0 Å². The molecule has 1 aliphatic heterocycles. The minimum absolute atomic E-state index is 0.135. The minimum Gasteiger partial charge on any atom is -0.355 e. The van der Waals surface area contributed by atoms with Crippen LogP contribution in [0.3, 0.4) is 0 Å². The zero-order valence-corrected chi connectivity index (χ0v) is 15.6. The maximum Gasteiger partial charge on any atom is 0.147 e. The molecule has 0 unspecified atom stereocenters. The second-order valence-electron chi connectivity index (χ2n) is 7.06. The molecule has 1 aliphatic carbocycles. The van der Waals surface area contributed by atoms with Crippen molar-refractivity contribution in [3.05, 3.63) is 41.4 Å². The molecular formula is C19H21ClFN3S. The van der Waals surface area contributed by atoms with E-state index < -0.39 is 5.82 Å². The number of rotatable bonds is 3. The van der Waals surface area contributed by atoms with E-state index in [0.717, 1.165) is 23.9 Å². The van der Waals surface area contributed by atoms with Gasteiger partial charge >= 0.3 is 0 Å². The molecule has 132 valence electrons. The predicted molar refractivity (Wildman–Crippen MR) is 99.9 cm³/mol. The van der Waals surface area contributed by atoms with E-state index in [2.05, 4.69) is 14.9 Å². The molecule has 3 nitrogen and oxygen atoms in total. The third kappa shape index (κ3) is 3.63. The van der Waals surface area contributed by atoms with Gasteiger partial charge in [-0.15, -0.1) is 0 Å². The van der Waals surface area contributed by atoms with E-state index in [1.165, 1.54) is 56.4 Å². The van der Waals surface area contributed by atoms with Crippen LogP contribution in [0.2, 0.25) is 5.02 Å². The molecule has 0 N–H and O–H groups in total. The number of halogens is 2. The molecule has 1 saturated heterocycles. The molecule has 6 heteroatoms. The number of hydrogen-bond acceptors (Lipinski definition) is 4. The summed E-state index contributed by atoms with van der Waals surface area (Å²) in [6.07, 6.45) is 11.7. The lowest BCUT2D eigenvalue weighted by molar-refractivity contribution is 0.226. The van der Waals surface area contributed by atoms with Gasteiger partial charge in [-0.05, 0) is 43.2 Å². The first-order chi connectivity index (χ1) is 12.2. The number of hydrogen-bond donors (Lipinski definition) is 0. The average Bonchev–Trinajstić information content (AvgIpc) is 3.09. The van der Waals surface area contributed by atoms with Gasteiger partial charge in [-0.2, -0.15) is 0 Å². The zero-order chi connectivity index (χ0) is 17.3. The summed E-state index contributed by atoms with van der Waals surface area (Å²) in [6, 6.07) is 4.80. The van der Waals surface area contributed by atoms with Crippen LogP contribution in [0.1, 0.15) is 38.5 Å². The molecule has 0 radical (unpaired) electrons. The summed E-state index contributed by atoms with van der Waals surface area (Å²) in [4.78, 5) is 12.0. The van der Waals surface area contributed by atoms with Crippen LogP contribution in [0.4, 0.5) is 10.2 Å². The van der Waals surface area contributed by atoms with Crippen molar-refractivity contribution in [2.45, 2.75) is 48.4 Å². The Hall–Kier alpha value is -1.33. The zero-order valence-electron chi connectivity index (χ0n) is 14.0. The fourth-order valence-corrected chi connectivity index (χ4v) is 5.05. The summed E-state index contributed by atoms with van der Waals surface area (Å²) < 4.78 is 13.5. The van der Waals surface area contributed by atoms with Gasteiger partial charge in [0.05, 0.1) is 17.4 Å². The van der Waals surface area contributed by atoms with Gasteiger partial charge in [-0.1, -0.05) is 42.3 Å². The summed E-state index contributed by atoms with van der Waals surface area (Å²) in [6.45, 7) is 2.13. The van der Waals surface area contributed by atoms with Gasteiger partial charge in [-0.25, -0.2) is 14.4 Å². The first-order valence-electron chi connectivity index (χ1n) is 8.84. The summed E-state index contributed by atoms with van der Waals surface area (Å²) in [5, 5.41) is 0.858. The standard InChI is InChI=1S/C19H21ClFN3S/c20-18-14(21)4-3-5-15(18)25-17-13-22-16(12-23-17)24-10-8-19(9-11-24)6-1-2-7-19/h3-5,12-13H,1-2,6-11H2. The van der Waals surface area contributed by atoms with Gasteiger partial charge in [0.2, 0.25) is 0 Å². The number of aromatic nitrogens is 2. The van der Waals surface area contributed by atoms with Gasteiger partial charge in [0.15, 0.2) is 0 Å². The van der Waals surface area contributed by atoms with Crippen LogP contribution in [-0.4, -0.2) is 23.1 Å². The Morgan fingerprint density at radius 2 is 1.80 bits per heavy atom. The van der Waals surface area contributed by atoms with Crippen molar-refractivity contribution in [2.75, 3.05) is 18.0 Å². The molecule has 2 aromatic rings. The molecule has 1 aromatic carbocycles. The van der Waals surface area contributed by atoms with Crippen molar-refractivity contribution < 1.29 is 4.39 Å². The molecule has 1 aromatic heterocycles. The largest absolute Gasteiger partial charge is 0.355 e. The fourth-order valence-electron chi connectivity index (χ4n) is 4.04. The first kappa shape index (κ1) is 17.1. The molecule has 2 aliphatic rings. The van der Waals surface area contributed by atoms with E-state index in [1.54, 1.807) is 18.3 Å². The number of piperidine rings is 1. The smallest absolute Gasteiger partial charge is 0.147 e. The highest BCUT2D eigenvalue weighted by Gasteiger charge is 2.37. The Bertz CT molecular complexity index is 737. The summed E-state index contributed by atoms with van der Waals surface area (Å²) >= 11 is 7.34. The fraction of sp³-hybridized carbons (Fsp3) is 0.474. The highest BCUT2D eigenvalue weighted by Crippen LogP contribution is 2.46. The van der Waals surface area contributed by atoms with Crippen LogP contribution < -0.4 is 4.90 Å². The number of anilines is 1. The van der Waals surface area contributed by atoms with Gasteiger partial charge in [0.1, 0.15) is 16.7 Å². The topological polar surface area (TPSA) is 29.0 Å². The van der Waals surface area contributed by atoms with Crippen LogP contribution in [0, 0.1) is 11.2 Å². The Kier molecular flexibility index (Phi) is 4.87. The summed E-state index contributed by atoms with van der Waals surface area (Å²) in [5.74, 6) is 0.521.